The van der Waals surface area contributed by atoms with Crippen LogP contribution in [0.2, 0.25) is 0 Å². The Bertz CT molecular complexity index is 2160. The van der Waals surface area contributed by atoms with Gasteiger partial charge in [0, 0.05) is 27.8 Å². The Morgan fingerprint density at radius 1 is 0.375 bits per heavy atom. The molecule has 0 saturated heterocycles. The predicted molar refractivity (Wildman–Crippen MR) is 169 cm³/mol. The Balaban J connectivity index is 1.35. The van der Waals surface area contributed by atoms with Crippen LogP contribution in [-0.4, -0.2) is 0 Å². The van der Waals surface area contributed by atoms with Crippen molar-refractivity contribution in [2.75, 3.05) is 4.90 Å². The van der Waals surface area contributed by atoms with Gasteiger partial charge in [0.1, 0.15) is 11.2 Å². The quantitative estimate of drug-likeness (QED) is 0.234. The molecule has 0 aliphatic carbocycles. The number of hydrogen-bond acceptors (Lipinski definition) is 2. The first-order chi connectivity index (χ1) is 19.8. The summed E-state index contributed by atoms with van der Waals surface area (Å²) in [5.41, 5.74) is 7.58. The van der Waals surface area contributed by atoms with E-state index in [2.05, 4.69) is 144 Å². The molecule has 0 fully saturated rings. The highest BCUT2D eigenvalue weighted by atomic mass is 16.3. The lowest BCUT2D eigenvalue weighted by Crippen LogP contribution is -2.10. The molecule has 0 N–H and O–H groups in total. The number of para-hydroxylation sites is 1. The smallest absolute Gasteiger partial charge is 0.136 e. The fourth-order valence-electron chi connectivity index (χ4n) is 5.87. The average molecular weight is 512 g/mol. The number of furan rings is 1. The monoisotopic (exact) mass is 511 g/mol. The summed E-state index contributed by atoms with van der Waals surface area (Å²) in [6, 6.07) is 53.9. The van der Waals surface area contributed by atoms with Gasteiger partial charge in [0.25, 0.3) is 0 Å². The summed E-state index contributed by atoms with van der Waals surface area (Å²) in [6.07, 6.45) is 0. The van der Waals surface area contributed by atoms with Crippen LogP contribution in [0.5, 0.6) is 0 Å². The van der Waals surface area contributed by atoms with Crippen LogP contribution in [-0.2, 0) is 0 Å². The summed E-state index contributed by atoms with van der Waals surface area (Å²) < 4.78 is 6.22. The molecule has 0 aliphatic heterocycles. The van der Waals surface area contributed by atoms with Crippen molar-refractivity contribution in [1.82, 2.24) is 0 Å². The Kier molecular flexibility index (Phi) is 5.17. The number of rotatable bonds is 4. The standard InChI is InChI=1S/C38H25NO/c1-2-8-26(9-3-1)28-14-19-31(20-15-28)39(32-21-16-27-10-4-5-11-30(27)24-32)33-22-17-29-18-23-37-38(35(29)25-33)34-12-6-7-13-36(34)40-37/h1-25H. The van der Waals surface area contributed by atoms with Crippen LogP contribution in [0.15, 0.2) is 156 Å². The lowest BCUT2D eigenvalue weighted by Gasteiger charge is -2.26. The summed E-state index contributed by atoms with van der Waals surface area (Å²) >= 11 is 0. The number of benzene rings is 7. The third-order valence-electron chi connectivity index (χ3n) is 7.83. The lowest BCUT2D eigenvalue weighted by molar-refractivity contribution is 0.669. The normalized spacial score (nSPS) is 11.5. The van der Waals surface area contributed by atoms with E-state index in [1.165, 1.54) is 32.7 Å². The van der Waals surface area contributed by atoms with Crippen LogP contribution in [0.25, 0.3) is 54.6 Å². The molecule has 0 saturated carbocycles. The summed E-state index contributed by atoms with van der Waals surface area (Å²) in [6.45, 7) is 0. The van der Waals surface area contributed by atoms with Crippen molar-refractivity contribution in [2.45, 2.75) is 0 Å². The molecule has 1 heterocycles. The molecule has 2 nitrogen and oxygen atoms in total. The van der Waals surface area contributed by atoms with Gasteiger partial charge in [-0.15, -0.1) is 0 Å². The first-order valence-electron chi connectivity index (χ1n) is 13.6. The second kappa shape index (κ2) is 9.14. The zero-order chi connectivity index (χ0) is 26.5. The molecule has 0 atom stereocenters. The van der Waals surface area contributed by atoms with Gasteiger partial charge >= 0.3 is 0 Å². The van der Waals surface area contributed by atoms with E-state index in [0.29, 0.717) is 0 Å². The molecule has 0 bridgehead atoms. The predicted octanol–water partition coefficient (Wildman–Crippen LogP) is 11.0. The molecule has 7 aromatic carbocycles. The summed E-state index contributed by atoms with van der Waals surface area (Å²) in [7, 11) is 0. The Hall–Kier alpha value is -5.34. The minimum atomic E-state index is 0.912. The average Bonchev–Trinajstić information content (AvgIpc) is 3.41. The second-order valence-corrected chi connectivity index (χ2v) is 10.2. The molecule has 1 aromatic heterocycles. The van der Waals surface area contributed by atoms with Gasteiger partial charge in [0.15, 0.2) is 0 Å². The van der Waals surface area contributed by atoms with Gasteiger partial charge in [-0.3, -0.25) is 0 Å². The van der Waals surface area contributed by atoms with Crippen molar-refractivity contribution in [3.8, 4) is 11.1 Å². The summed E-state index contributed by atoms with van der Waals surface area (Å²) in [4.78, 5) is 2.35. The molecule has 0 spiro atoms. The summed E-state index contributed by atoms with van der Waals surface area (Å²) in [5, 5.41) is 7.13. The van der Waals surface area contributed by atoms with Gasteiger partial charge in [-0.2, -0.15) is 0 Å². The van der Waals surface area contributed by atoms with E-state index in [9.17, 15) is 0 Å². The van der Waals surface area contributed by atoms with Crippen LogP contribution >= 0.6 is 0 Å². The molecular formula is C38H25NO. The lowest BCUT2D eigenvalue weighted by atomic mass is 10.0. The van der Waals surface area contributed by atoms with Gasteiger partial charge in [-0.1, -0.05) is 103 Å². The van der Waals surface area contributed by atoms with Crippen molar-refractivity contribution in [3.05, 3.63) is 152 Å². The number of nitrogens with zero attached hydrogens (tertiary/aromatic N) is 1. The van der Waals surface area contributed by atoms with Crippen molar-refractivity contribution < 1.29 is 4.42 Å². The van der Waals surface area contributed by atoms with Crippen LogP contribution in [0, 0.1) is 0 Å². The topological polar surface area (TPSA) is 16.4 Å². The van der Waals surface area contributed by atoms with E-state index in [1.54, 1.807) is 0 Å². The van der Waals surface area contributed by atoms with Crippen molar-refractivity contribution in [2.24, 2.45) is 0 Å². The van der Waals surface area contributed by atoms with E-state index >= 15 is 0 Å². The molecule has 188 valence electrons. The maximum atomic E-state index is 6.22. The van der Waals surface area contributed by atoms with Gasteiger partial charge in [0.2, 0.25) is 0 Å². The van der Waals surface area contributed by atoms with Crippen LogP contribution in [0.3, 0.4) is 0 Å². The molecule has 0 aliphatic rings. The van der Waals surface area contributed by atoms with Crippen molar-refractivity contribution in [3.63, 3.8) is 0 Å². The maximum Gasteiger partial charge on any atom is 0.136 e. The van der Waals surface area contributed by atoms with Gasteiger partial charge in [-0.25, -0.2) is 0 Å². The van der Waals surface area contributed by atoms with Crippen molar-refractivity contribution in [1.29, 1.82) is 0 Å². The minimum Gasteiger partial charge on any atom is -0.456 e. The van der Waals surface area contributed by atoms with E-state index in [1.807, 2.05) is 12.1 Å². The summed E-state index contributed by atoms with van der Waals surface area (Å²) in [5.74, 6) is 0. The zero-order valence-electron chi connectivity index (χ0n) is 21.8. The fourth-order valence-corrected chi connectivity index (χ4v) is 5.87. The Morgan fingerprint density at radius 3 is 1.85 bits per heavy atom. The number of anilines is 3. The van der Waals surface area contributed by atoms with E-state index in [0.717, 1.165) is 39.0 Å². The van der Waals surface area contributed by atoms with E-state index in [4.69, 9.17) is 4.42 Å². The largest absolute Gasteiger partial charge is 0.456 e. The Labute approximate surface area is 232 Å². The minimum absolute atomic E-state index is 0.912. The third kappa shape index (κ3) is 3.73. The van der Waals surface area contributed by atoms with Crippen LogP contribution in [0.4, 0.5) is 17.1 Å². The fraction of sp³-hybridized carbons (Fsp3) is 0. The number of hydrogen-bond donors (Lipinski definition) is 0. The van der Waals surface area contributed by atoms with Gasteiger partial charge < -0.3 is 9.32 Å². The molecule has 2 heteroatoms. The highest BCUT2D eigenvalue weighted by molar-refractivity contribution is 6.19. The van der Waals surface area contributed by atoms with Crippen molar-refractivity contribution >= 4 is 60.5 Å². The molecule has 0 unspecified atom stereocenters. The maximum absolute atomic E-state index is 6.22. The SMILES string of the molecule is c1ccc(-c2ccc(N(c3ccc4ccccc4c3)c3ccc4ccc5oc6ccccc6c5c4c3)cc2)cc1. The molecule has 0 amide bonds. The highest BCUT2D eigenvalue weighted by Gasteiger charge is 2.16. The number of fused-ring (bicyclic) bond motifs is 6. The molecule has 8 rings (SSSR count). The van der Waals surface area contributed by atoms with E-state index < -0.39 is 0 Å². The van der Waals surface area contributed by atoms with E-state index in [-0.39, 0.29) is 0 Å². The first-order valence-corrected chi connectivity index (χ1v) is 13.6. The Morgan fingerprint density at radius 2 is 1.00 bits per heavy atom. The molecular weight excluding hydrogens is 486 g/mol. The molecule has 0 radical (unpaired) electrons. The third-order valence-corrected chi connectivity index (χ3v) is 7.83. The van der Waals surface area contributed by atoms with Crippen LogP contribution < -0.4 is 4.90 Å². The molecule has 8 aromatic rings. The first kappa shape index (κ1) is 22.6. The van der Waals surface area contributed by atoms with Gasteiger partial charge in [0.05, 0.1) is 0 Å². The zero-order valence-corrected chi connectivity index (χ0v) is 21.8. The van der Waals surface area contributed by atoms with Crippen LogP contribution in [0.1, 0.15) is 0 Å². The molecule has 40 heavy (non-hydrogen) atoms. The second-order valence-electron chi connectivity index (χ2n) is 10.2. The van der Waals surface area contributed by atoms with Gasteiger partial charge in [-0.05, 0) is 81.2 Å². The highest BCUT2D eigenvalue weighted by Crippen LogP contribution is 2.41.